The fourth-order valence-electron chi connectivity index (χ4n) is 3.46. The lowest BCUT2D eigenvalue weighted by molar-refractivity contribution is 0.0696. The van der Waals surface area contributed by atoms with Crippen molar-refractivity contribution in [2.24, 2.45) is 5.92 Å². The fourth-order valence-corrected chi connectivity index (χ4v) is 3.46. The Bertz CT molecular complexity index is 918. The van der Waals surface area contributed by atoms with Gasteiger partial charge in [-0.1, -0.05) is 39.8 Å². The molecule has 0 unspecified atom stereocenters. The van der Waals surface area contributed by atoms with E-state index in [2.05, 4.69) is 33.8 Å². The maximum Gasteiger partial charge on any atom is 0.343 e. The second-order valence-corrected chi connectivity index (χ2v) is 7.88. The van der Waals surface area contributed by atoms with Crippen molar-refractivity contribution in [2.75, 3.05) is 0 Å². The van der Waals surface area contributed by atoms with Crippen LogP contribution in [0.4, 0.5) is 0 Å². The Labute approximate surface area is 159 Å². The number of aromatic carboxylic acids is 1. The number of benzene rings is 2. The van der Waals surface area contributed by atoms with E-state index in [4.69, 9.17) is 9.84 Å². The lowest BCUT2D eigenvalue weighted by atomic mass is 9.71. The van der Waals surface area contributed by atoms with E-state index in [9.17, 15) is 9.59 Å². The summed E-state index contributed by atoms with van der Waals surface area (Å²) in [6.07, 6.45) is 3.25. The van der Waals surface area contributed by atoms with Gasteiger partial charge in [-0.25, -0.2) is 9.59 Å². The summed E-state index contributed by atoms with van der Waals surface area (Å²) in [6, 6.07) is 11.5. The topological polar surface area (TPSA) is 63.6 Å². The van der Waals surface area contributed by atoms with Crippen LogP contribution in [0.2, 0.25) is 0 Å². The Morgan fingerprint density at radius 2 is 1.67 bits per heavy atom. The standard InChI is InChI=1S/C23H24O4/c1-14(2)18-11-12-23(3,4)20-10-7-16(13-19(18)20)22(26)27-17-8-5-15(6-9-17)21(24)25/h5-11,13-14H,12H2,1-4H3,(H,24,25). The molecule has 0 bridgehead atoms. The molecule has 0 aromatic heterocycles. The predicted molar refractivity (Wildman–Crippen MR) is 105 cm³/mol. The van der Waals surface area contributed by atoms with E-state index in [1.807, 2.05) is 12.1 Å². The van der Waals surface area contributed by atoms with Gasteiger partial charge in [-0.3, -0.25) is 0 Å². The Morgan fingerprint density at radius 3 is 2.26 bits per heavy atom. The van der Waals surface area contributed by atoms with Crippen molar-refractivity contribution in [3.8, 4) is 5.75 Å². The van der Waals surface area contributed by atoms with Gasteiger partial charge in [0.25, 0.3) is 0 Å². The van der Waals surface area contributed by atoms with Crippen LogP contribution in [0.1, 0.15) is 66.0 Å². The second kappa shape index (κ2) is 7.03. The second-order valence-electron chi connectivity index (χ2n) is 7.88. The normalized spacial score (nSPS) is 15.1. The Kier molecular flexibility index (Phi) is 4.92. The molecule has 1 aliphatic carbocycles. The van der Waals surface area contributed by atoms with E-state index in [-0.39, 0.29) is 11.0 Å². The quantitative estimate of drug-likeness (QED) is 0.589. The lowest BCUT2D eigenvalue weighted by Gasteiger charge is -2.33. The van der Waals surface area contributed by atoms with E-state index in [0.717, 1.165) is 12.0 Å². The molecule has 0 fully saturated rings. The van der Waals surface area contributed by atoms with Gasteiger partial charge in [0.2, 0.25) is 0 Å². The number of allylic oxidation sites excluding steroid dienone is 2. The van der Waals surface area contributed by atoms with Crippen LogP contribution in [0, 0.1) is 5.92 Å². The first-order valence-electron chi connectivity index (χ1n) is 9.09. The molecule has 0 radical (unpaired) electrons. The summed E-state index contributed by atoms with van der Waals surface area (Å²) in [6.45, 7) is 8.73. The molecule has 0 heterocycles. The monoisotopic (exact) mass is 364 g/mol. The Hall–Kier alpha value is -2.88. The molecule has 140 valence electrons. The minimum Gasteiger partial charge on any atom is -0.478 e. The summed E-state index contributed by atoms with van der Waals surface area (Å²) in [7, 11) is 0. The molecule has 0 atom stereocenters. The van der Waals surface area contributed by atoms with Crippen molar-refractivity contribution in [3.05, 3.63) is 70.8 Å². The number of carbonyl (C=O) groups is 2. The number of hydrogen-bond donors (Lipinski definition) is 1. The summed E-state index contributed by atoms with van der Waals surface area (Å²) in [5.74, 6) is -0.775. The van der Waals surface area contributed by atoms with Crippen LogP contribution in [0.25, 0.3) is 5.57 Å². The van der Waals surface area contributed by atoms with Crippen molar-refractivity contribution in [1.82, 2.24) is 0 Å². The molecule has 4 nitrogen and oxygen atoms in total. The molecule has 0 spiro atoms. The zero-order chi connectivity index (χ0) is 19.8. The van der Waals surface area contributed by atoms with Crippen LogP contribution >= 0.6 is 0 Å². The van der Waals surface area contributed by atoms with Crippen molar-refractivity contribution in [3.63, 3.8) is 0 Å². The van der Waals surface area contributed by atoms with Crippen molar-refractivity contribution >= 4 is 17.5 Å². The molecule has 0 saturated carbocycles. The van der Waals surface area contributed by atoms with Crippen LogP contribution in [0.3, 0.4) is 0 Å². The van der Waals surface area contributed by atoms with Crippen LogP contribution in [-0.4, -0.2) is 17.0 Å². The Balaban J connectivity index is 1.89. The molecular formula is C23H24O4. The van der Waals surface area contributed by atoms with E-state index >= 15 is 0 Å². The van der Waals surface area contributed by atoms with Gasteiger partial charge in [-0.05, 0) is 70.9 Å². The third kappa shape index (κ3) is 3.80. The zero-order valence-electron chi connectivity index (χ0n) is 16.1. The maximum atomic E-state index is 12.6. The van der Waals surface area contributed by atoms with Crippen molar-refractivity contribution in [1.29, 1.82) is 0 Å². The highest BCUT2D eigenvalue weighted by Gasteiger charge is 2.29. The highest BCUT2D eigenvalue weighted by atomic mass is 16.5. The first-order valence-corrected chi connectivity index (χ1v) is 9.09. The number of hydrogen-bond acceptors (Lipinski definition) is 3. The first kappa shape index (κ1) is 18.9. The molecule has 2 aromatic carbocycles. The molecule has 1 aliphatic rings. The van der Waals surface area contributed by atoms with Gasteiger partial charge in [-0.2, -0.15) is 0 Å². The van der Waals surface area contributed by atoms with Gasteiger partial charge in [0.15, 0.2) is 0 Å². The van der Waals surface area contributed by atoms with Crippen LogP contribution in [0.15, 0.2) is 48.5 Å². The fraction of sp³-hybridized carbons (Fsp3) is 0.304. The summed E-state index contributed by atoms with van der Waals surface area (Å²) in [5.41, 5.74) is 4.28. The van der Waals surface area contributed by atoms with E-state index in [1.165, 1.54) is 35.4 Å². The summed E-state index contributed by atoms with van der Waals surface area (Å²) >= 11 is 0. The molecule has 4 heteroatoms. The lowest BCUT2D eigenvalue weighted by Crippen LogP contribution is -2.23. The zero-order valence-corrected chi connectivity index (χ0v) is 16.1. The minimum atomic E-state index is -1.02. The Morgan fingerprint density at radius 1 is 1.04 bits per heavy atom. The number of carboxylic acids is 1. The third-order valence-electron chi connectivity index (χ3n) is 5.06. The molecule has 0 aliphatic heterocycles. The van der Waals surface area contributed by atoms with Crippen molar-refractivity contribution < 1.29 is 19.4 Å². The van der Waals surface area contributed by atoms with E-state index in [0.29, 0.717) is 17.2 Å². The van der Waals surface area contributed by atoms with Crippen LogP contribution in [0.5, 0.6) is 5.75 Å². The van der Waals surface area contributed by atoms with Crippen LogP contribution < -0.4 is 4.74 Å². The number of esters is 1. The first-order chi connectivity index (χ1) is 12.7. The highest BCUT2D eigenvalue weighted by Crippen LogP contribution is 2.41. The van der Waals surface area contributed by atoms with Gasteiger partial charge < -0.3 is 9.84 Å². The van der Waals surface area contributed by atoms with E-state index in [1.54, 1.807) is 6.07 Å². The van der Waals surface area contributed by atoms with Crippen molar-refractivity contribution in [2.45, 2.75) is 39.5 Å². The molecule has 3 rings (SSSR count). The van der Waals surface area contributed by atoms with Gasteiger partial charge in [-0.15, -0.1) is 0 Å². The van der Waals surface area contributed by atoms with Gasteiger partial charge in [0.05, 0.1) is 11.1 Å². The van der Waals surface area contributed by atoms with Crippen LogP contribution in [-0.2, 0) is 5.41 Å². The van der Waals surface area contributed by atoms with Gasteiger partial charge in [0.1, 0.15) is 5.75 Å². The number of fused-ring (bicyclic) bond motifs is 1. The van der Waals surface area contributed by atoms with E-state index < -0.39 is 11.9 Å². The summed E-state index contributed by atoms with van der Waals surface area (Å²) in [4.78, 5) is 23.5. The number of ether oxygens (including phenoxy) is 1. The highest BCUT2D eigenvalue weighted by molar-refractivity contribution is 5.93. The smallest absolute Gasteiger partial charge is 0.343 e. The predicted octanol–water partition coefficient (Wildman–Crippen LogP) is 5.32. The number of carboxylic acid groups (broad SMARTS) is 1. The SMILES string of the molecule is CC(C)C1=CCC(C)(C)c2ccc(C(=O)Oc3ccc(C(=O)O)cc3)cc21. The summed E-state index contributed by atoms with van der Waals surface area (Å²) in [5, 5.41) is 8.95. The average molecular weight is 364 g/mol. The molecule has 2 aromatic rings. The maximum absolute atomic E-state index is 12.6. The minimum absolute atomic E-state index is 0.0306. The summed E-state index contributed by atoms with van der Waals surface area (Å²) < 4.78 is 5.42. The number of rotatable bonds is 4. The van der Waals surface area contributed by atoms with Gasteiger partial charge in [0, 0.05) is 0 Å². The molecule has 27 heavy (non-hydrogen) atoms. The molecule has 0 saturated heterocycles. The molecule has 0 amide bonds. The molecule has 1 N–H and O–H groups in total. The molecular weight excluding hydrogens is 340 g/mol. The average Bonchev–Trinajstić information content (AvgIpc) is 2.61. The van der Waals surface area contributed by atoms with Gasteiger partial charge >= 0.3 is 11.9 Å². The largest absolute Gasteiger partial charge is 0.478 e. The third-order valence-corrected chi connectivity index (χ3v) is 5.06. The number of carbonyl (C=O) groups excluding carboxylic acids is 1.